The van der Waals surface area contributed by atoms with Crippen molar-refractivity contribution >= 4 is 5.91 Å². The fraction of sp³-hybridized carbons (Fsp3) is 0.471. The summed E-state index contributed by atoms with van der Waals surface area (Å²) in [7, 11) is 1.88. The van der Waals surface area contributed by atoms with E-state index in [-0.39, 0.29) is 11.9 Å². The predicted molar refractivity (Wildman–Crippen MR) is 84.7 cm³/mol. The molecule has 22 heavy (non-hydrogen) atoms. The Balaban J connectivity index is 1.70. The summed E-state index contributed by atoms with van der Waals surface area (Å²) in [5.41, 5.74) is 0.677. The van der Waals surface area contributed by atoms with Crippen molar-refractivity contribution in [1.82, 2.24) is 14.8 Å². The Morgan fingerprint density at radius 2 is 2.09 bits per heavy atom. The molecule has 1 atom stereocenters. The Morgan fingerprint density at radius 3 is 2.68 bits per heavy atom. The van der Waals surface area contributed by atoms with E-state index in [1.807, 2.05) is 49.0 Å². The highest BCUT2D eigenvalue weighted by molar-refractivity contribution is 5.92. The highest BCUT2D eigenvalue weighted by Crippen LogP contribution is 2.26. The maximum Gasteiger partial charge on any atom is 0.267 e. The number of carbonyl (C=O) groups excluding carboxylic acids is 1. The van der Waals surface area contributed by atoms with Gasteiger partial charge in [0, 0.05) is 19.8 Å². The van der Waals surface area contributed by atoms with Crippen LogP contribution in [0.1, 0.15) is 40.9 Å². The maximum absolute atomic E-state index is 12.3. The molecule has 1 amide bonds. The van der Waals surface area contributed by atoms with E-state index in [9.17, 15) is 4.79 Å². The van der Waals surface area contributed by atoms with Gasteiger partial charge in [-0.2, -0.15) is 0 Å². The van der Waals surface area contributed by atoms with Gasteiger partial charge in [-0.3, -0.25) is 9.69 Å². The smallest absolute Gasteiger partial charge is 0.267 e. The number of aryl methyl sites for hydroxylation is 2. The first-order valence-corrected chi connectivity index (χ1v) is 7.85. The summed E-state index contributed by atoms with van der Waals surface area (Å²) in [6.07, 6.45) is 4.30. The van der Waals surface area contributed by atoms with Gasteiger partial charge in [0.05, 0.1) is 6.04 Å². The Bertz CT molecular complexity index is 638. The molecule has 2 aromatic heterocycles. The molecule has 1 aliphatic rings. The number of rotatable bonds is 5. The molecule has 0 spiro atoms. The molecule has 0 aromatic carbocycles. The molecule has 0 saturated carbocycles. The number of nitrogens with zero attached hydrogens (tertiary/aromatic N) is 2. The molecule has 0 bridgehead atoms. The molecular weight excluding hydrogens is 278 g/mol. The summed E-state index contributed by atoms with van der Waals surface area (Å²) in [4.78, 5) is 14.7. The zero-order chi connectivity index (χ0) is 15.5. The number of nitrogens with one attached hydrogen (secondary N) is 1. The van der Waals surface area contributed by atoms with Gasteiger partial charge in [0.2, 0.25) is 0 Å². The van der Waals surface area contributed by atoms with E-state index >= 15 is 0 Å². The molecular formula is C17H23N3O2. The van der Waals surface area contributed by atoms with Gasteiger partial charge in [0.25, 0.3) is 5.91 Å². The summed E-state index contributed by atoms with van der Waals surface area (Å²) >= 11 is 0. The van der Waals surface area contributed by atoms with E-state index in [0.29, 0.717) is 12.2 Å². The SMILES string of the molecule is Cc1ccc(C(CNC(=O)c2cccn2C)N2CCCC2)o1. The van der Waals surface area contributed by atoms with E-state index in [2.05, 4.69) is 10.2 Å². The fourth-order valence-corrected chi connectivity index (χ4v) is 3.07. The van der Waals surface area contributed by atoms with E-state index in [1.54, 1.807) is 0 Å². The Morgan fingerprint density at radius 1 is 1.32 bits per heavy atom. The molecule has 3 heterocycles. The van der Waals surface area contributed by atoms with Gasteiger partial charge in [-0.1, -0.05) is 0 Å². The van der Waals surface area contributed by atoms with Crippen molar-refractivity contribution < 1.29 is 9.21 Å². The van der Waals surface area contributed by atoms with Crippen LogP contribution in [0, 0.1) is 6.92 Å². The van der Waals surface area contributed by atoms with Crippen LogP contribution in [-0.2, 0) is 7.05 Å². The third kappa shape index (κ3) is 3.09. The number of hydrogen-bond acceptors (Lipinski definition) is 3. The highest BCUT2D eigenvalue weighted by Gasteiger charge is 2.26. The normalized spacial score (nSPS) is 16.8. The van der Waals surface area contributed by atoms with Crippen LogP contribution in [-0.4, -0.2) is 35.0 Å². The predicted octanol–water partition coefficient (Wildman–Crippen LogP) is 2.49. The number of aromatic nitrogens is 1. The van der Waals surface area contributed by atoms with Crippen molar-refractivity contribution in [3.05, 3.63) is 47.7 Å². The Hall–Kier alpha value is -2.01. The third-order valence-electron chi connectivity index (χ3n) is 4.30. The van der Waals surface area contributed by atoms with Crippen LogP contribution in [0.3, 0.4) is 0 Å². The molecule has 5 nitrogen and oxygen atoms in total. The fourth-order valence-electron chi connectivity index (χ4n) is 3.07. The number of likely N-dealkylation sites (tertiary alicyclic amines) is 1. The van der Waals surface area contributed by atoms with Crippen molar-refractivity contribution in [2.75, 3.05) is 19.6 Å². The second-order valence-corrected chi connectivity index (χ2v) is 5.92. The van der Waals surface area contributed by atoms with Crippen molar-refractivity contribution in [1.29, 1.82) is 0 Å². The van der Waals surface area contributed by atoms with Crippen LogP contribution in [0.5, 0.6) is 0 Å². The van der Waals surface area contributed by atoms with Crippen LogP contribution in [0.15, 0.2) is 34.9 Å². The third-order valence-corrected chi connectivity index (χ3v) is 4.30. The Labute approximate surface area is 130 Å². The average molecular weight is 301 g/mol. The zero-order valence-electron chi connectivity index (χ0n) is 13.2. The zero-order valence-corrected chi connectivity index (χ0v) is 13.2. The monoisotopic (exact) mass is 301 g/mol. The maximum atomic E-state index is 12.3. The van der Waals surface area contributed by atoms with Gasteiger partial charge in [-0.05, 0) is 57.1 Å². The lowest BCUT2D eigenvalue weighted by Crippen LogP contribution is -2.37. The topological polar surface area (TPSA) is 50.4 Å². The number of furan rings is 1. The van der Waals surface area contributed by atoms with Crippen molar-refractivity contribution in [2.45, 2.75) is 25.8 Å². The molecule has 1 fully saturated rings. The first-order chi connectivity index (χ1) is 10.6. The molecule has 0 aliphatic carbocycles. The van der Waals surface area contributed by atoms with Gasteiger partial charge in [-0.15, -0.1) is 0 Å². The molecule has 118 valence electrons. The van der Waals surface area contributed by atoms with E-state index in [0.717, 1.165) is 24.6 Å². The quantitative estimate of drug-likeness (QED) is 0.923. The minimum Gasteiger partial charge on any atom is -0.465 e. The van der Waals surface area contributed by atoms with Crippen LogP contribution in [0.2, 0.25) is 0 Å². The van der Waals surface area contributed by atoms with Crippen LogP contribution in [0.4, 0.5) is 0 Å². The largest absolute Gasteiger partial charge is 0.465 e. The summed E-state index contributed by atoms with van der Waals surface area (Å²) in [6.45, 7) is 4.64. The molecule has 1 aliphatic heterocycles. The number of amides is 1. The molecule has 5 heteroatoms. The standard InChI is InChI=1S/C17H23N3O2/c1-13-7-8-16(22-13)15(20-10-3-4-11-20)12-18-17(21)14-6-5-9-19(14)2/h5-9,15H,3-4,10-12H2,1-2H3,(H,18,21). The van der Waals surface area contributed by atoms with Crippen LogP contribution < -0.4 is 5.32 Å². The molecule has 3 rings (SSSR count). The first-order valence-electron chi connectivity index (χ1n) is 7.85. The van der Waals surface area contributed by atoms with Gasteiger partial charge in [0.15, 0.2) is 0 Å². The number of carbonyl (C=O) groups is 1. The summed E-state index contributed by atoms with van der Waals surface area (Å²) < 4.78 is 7.64. The van der Waals surface area contributed by atoms with E-state index < -0.39 is 0 Å². The molecule has 1 saturated heterocycles. The molecule has 0 radical (unpaired) electrons. The minimum absolute atomic E-state index is 0.0417. The average Bonchev–Trinajstić information content (AvgIpc) is 3.21. The lowest BCUT2D eigenvalue weighted by atomic mass is 10.2. The minimum atomic E-state index is -0.0417. The Kier molecular flexibility index (Phi) is 4.34. The summed E-state index contributed by atoms with van der Waals surface area (Å²) in [5.74, 6) is 1.81. The first kappa shape index (κ1) is 14.9. The van der Waals surface area contributed by atoms with Crippen molar-refractivity contribution in [2.24, 2.45) is 7.05 Å². The second-order valence-electron chi connectivity index (χ2n) is 5.92. The summed E-state index contributed by atoms with van der Waals surface area (Å²) in [5, 5.41) is 3.05. The summed E-state index contributed by atoms with van der Waals surface area (Å²) in [6, 6.07) is 7.82. The molecule has 1 N–H and O–H groups in total. The van der Waals surface area contributed by atoms with Gasteiger partial charge < -0.3 is 14.3 Å². The second kappa shape index (κ2) is 6.40. The van der Waals surface area contributed by atoms with E-state index in [4.69, 9.17) is 4.42 Å². The van der Waals surface area contributed by atoms with Gasteiger partial charge in [-0.25, -0.2) is 0 Å². The lowest BCUT2D eigenvalue weighted by Gasteiger charge is -2.26. The van der Waals surface area contributed by atoms with Crippen molar-refractivity contribution in [3.63, 3.8) is 0 Å². The van der Waals surface area contributed by atoms with E-state index in [1.165, 1.54) is 12.8 Å². The highest BCUT2D eigenvalue weighted by atomic mass is 16.3. The van der Waals surface area contributed by atoms with Gasteiger partial charge >= 0.3 is 0 Å². The van der Waals surface area contributed by atoms with Gasteiger partial charge in [0.1, 0.15) is 17.2 Å². The van der Waals surface area contributed by atoms with Crippen LogP contribution >= 0.6 is 0 Å². The molecule has 2 aromatic rings. The lowest BCUT2D eigenvalue weighted by molar-refractivity contribution is 0.0925. The molecule has 1 unspecified atom stereocenters. The van der Waals surface area contributed by atoms with Crippen molar-refractivity contribution in [3.8, 4) is 0 Å². The van der Waals surface area contributed by atoms with Crippen LogP contribution in [0.25, 0.3) is 0 Å². The number of hydrogen-bond donors (Lipinski definition) is 1.